The van der Waals surface area contributed by atoms with E-state index in [-0.39, 0.29) is 0 Å². The van der Waals surface area contributed by atoms with Crippen LogP contribution in [0, 0.1) is 0 Å². The van der Waals surface area contributed by atoms with Gasteiger partial charge in [0.15, 0.2) is 0 Å². The molecule has 1 radical (unpaired) electrons. The molecule has 0 saturated heterocycles. The van der Waals surface area contributed by atoms with Crippen LogP contribution in [0.3, 0.4) is 0 Å². The highest BCUT2D eigenvalue weighted by Gasteiger charge is 2.14. The van der Waals surface area contributed by atoms with Crippen molar-refractivity contribution in [2.75, 3.05) is 0 Å². The molecule has 0 atom stereocenters. The summed E-state index contributed by atoms with van der Waals surface area (Å²) in [5.41, 5.74) is 6.85. The van der Waals surface area contributed by atoms with Gasteiger partial charge in [-0.25, -0.2) is 0 Å². The molecule has 0 bridgehead atoms. The number of hydrogen-bond donors (Lipinski definition) is 0. The molecule has 0 aromatic heterocycles. The van der Waals surface area contributed by atoms with Crippen LogP contribution in [0.15, 0.2) is 41.6 Å². The summed E-state index contributed by atoms with van der Waals surface area (Å²) in [4.78, 5) is 0. The zero-order valence-electron chi connectivity index (χ0n) is 7.96. The summed E-state index contributed by atoms with van der Waals surface area (Å²) in [6, 6.07) is 8.75. The molecular formula is C13H11Si. The van der Waals surface area contributed by atoms with Gasteiger partial charge in [-0.2, -0.15) is 0 Å². The van der Waals surface area contributed by atoms with Gasteiger partial charge in [-0.3, -0.25) is 0 Å². The highest BCUT2D eigenvalue weighted by atomic mass is 28.2. The molecule has 67 valence electrons. The summed E-state index contributed by atoms with van der Waals surface area (Å²) in [5, 5.41) is 1.55. The maximum atomic E-state index is 2.36. The zero-order valence-corrected chi connectivity index (χ0v) is 8.96. The highest BCUT2D eigenvalue weighted by molar-refractivity contribution is 6.60. The van der Waals surface area contributed by atoms with E-state index in [4.69, 9.17) is 0 Å². The van der Waals surface area contributed by atoms with Gasteiger partial charge < -0.3 is 0 Å². The lowest BCUT2D eigenvalue weighted by Gasteiger charge is -2.19. The Morgan fingerprint density at radius 2 is 2.07 bits per heavy atom. The molecule has 0 nitrogen and oxygen atoms in total. The Hall–Kier alpha value is -1.21. The summed E-state index contributed by atoms with van der Waals surface area (Å²) in [7, 11) is 0.866. The Bertz CT molecular complexity index is 464. The molecule has 1 aromatic rings. The van der Waals surface area contributed by atoms with E-state index in [1.807, 2.05) is 0 Å². The summed E-state index contributed by atoms with van der Waals surface area (Å²) in [6.07, 6.45) is 7.04. The first-order valence-electron chi connectivity index (χ1n) is 5.04. The average Bonchev–Trinajstić information content (AvgIpc) is 2.29. The number of rotatable bonds is 0. The van der Waals surface area contributed by atoms with Crippen LogP contribution >= 0.6 is 0 Å². The molecule has 14 heavy (non-hydrogen) atoms. The fourth-order valence-electron chi connectivity index (χ4n) is 2.13. The molecule has 1 aliphatic heterocycles. The third-order valence-electron chi connectivity index (χ3n) is 2.84. The van der Waals surface area contributed by atoms with E-state index in [1.54, 1.807) is 10.8 Å². The standard InChI is InChI=1S/C13H11Si/c1-2-6-11-10(5-1)9-14-13-8-4-3-7-12(11)13/h1-2,4-6,8-9H,3,7H2. The zero-order chi connectivity index (χ0) is 9.38. The minimum Gasteiger partial charge on any atom is -0.0840 e. The van der Waals surface area contributed by atoms with Crippen molar-refractivity contribution in [2.24, 2.45) is 0 Å². The largest absolute Gasteiger partial charge is 0.0840 e. The summed E-state index contributed by atoms with van der Waals surface area (Å²) in [5.74, 6) is 0. The van der Waals surface area contributed by atoms with E-state index < -0.39 is 0 Å². The second kappa shape index (κ2) is 3.17. The van der Waals surface area contributed by atoms with Crippen molar-refractivity contribution in [3.05, 3.63) is 52.7 Å². The van der Waals surface area contributed by atoms with Crippen LogP contribution in [0.25, 0.3) is 5.57 Å². The van der Waals surface area contributed by atoms with E-state index in [0.29, 0.717) is 0 Å². The van der Waals surface area contributed by atoms with Crippen LogP contribution in [-0.2, 0) is 0 Å². The van der Waals surface area contributed by atoms with Gasteiger partial charge >= 0.3 is 0 Å². The van der Waals surface area contributed by atoms with E-state index in [0.717, 1.165) is 9.13 Å². The van der Waals surface area contributed by atoms with Crippen LogP contribution in [0.5, 0.6) is 0 Å². The Morgan fingerprint density at radius 1 is 1.14 bits per heavy atom. The SMILES string of the molecule is C1=CC2=C(CC1)c1ccccc1C=[Si]2. The fourth-order valence-corrected chi connectivity index (χ4v) is 3.34. The van der Waals surface area contributed by atoms with E-state index in [9.17, 15) is 0 Å². The molecule has 1 heteroatoms. The minimum atomic E-state index is 0.866. The molecule has 0 N–H and O–H groups in total. The van der Waals surface area contributed by atoms with E-state index in [1.165, 1.54) is 24.0 Å². The maximum absolute atomic E-state index is 2.36. The lowest BCUT2D eigenvalue weighted by Crippen LogP contribution is -2.07. The number of fused-ring (bicyclic) bond motifs is 2. The molecule has 0 fully saturated rings. The Kier molecular flexibility index (Phi) is 1.84. The third-order valence-corrected chi connectivity index (χ3v) is 4.07. The van der Waals surface area contributed by atoms with Gasteiger partial charge in [-0.1, -0.05) is 42.1 Å². The Labute approximate surface area is 86.4 Å². The van der Waals surface area contributed by atoms with Gasteiger partial charge in [0.2, 0.25) is 0 Å². The first-order chi connectivity index (χ1) is 6.95. The molecule has 1 heterocycles. The van der Waals surface area contributed by atoms with Crippen molar-refractivity contribution >= 4 is 20.4 Å². The van der Waals surface area contributed by atoms with Crippen molar-refractivity contribution in [1.82, 2.24) is 0 Å². The van der Waals surface area contributed by atoms with Gasteiger partial charge in [0.05, 0.1) is 9.13 Å². The maximum Gasteiger partial charge on any atom is 0.0607 e. The van der Waals surface area contributed by atoms with Crippen molar-refractivity contribution < 1.29 is 0 Å². The first-order valence-corrected chi connectivity index (χ1v) is 6.12. The third kappa shape index (κ3) is 1.16. The molecule has 1 aromatic carbocycles. The highest BCUT2D eigenvalue weighted by Crippen LogP contribution is 2.30. The van der Waals surface area contributed by atoms with Crippen molar-refractivity contribution in [2.45, 2.75) is 12.8 Å². The van der Waals surface area contributed by atoms with Gasteiger partial charge in [0, 0.05) is 0 Å². The molecule has 0 spiro atoms. The van der Waals surface area contributed by atoms with Gasteiger partial charge in [0.1, 0.15) is 0 Å². The number of benzene rings is 1. The van der Waals surface area contributed by atoms with Crippen molar-refractivity contribution in [3.8, 4) is 0 Å². The number of allylic oxidation sites excluding steroid dienone is 4. The molecule has 1 aliphatic carbocycles. The topological polar surface area (TPSA) is 0 Å². The molecule has 0 amide bonds. The van der Waals surface area contributed by atoms with Gasteiger partial charge in [-0.15, -0.1) is 0 Å². The molecule has 2 aliphatic rings. The second-order valence-corrected chi connectivity index (χ2v) is 4.83. The summed E-state index contributed by atoms with van der Waals surface area (Å²) < 4.78 is 0. The van der Waals surface area contributed by atoms with Crippen LogP contribution < -0.4 is 0 Å². The smallest absolute Gasteiger partial charge is 0.0607 e. The molecule has 0 saturated carbocycles. The van der Waals surface area contributed by atoms with Gasteiger partial charge in [0.25, 0.3) is 0 Å². The average molecular weight is 195 g/mol. The van der Waals surface area contributed by atoms with Gasteiger partial charge in [-0.05, 0) is 34.7 Å². The van der Waals surface area contributed by atoms with Crippen LogP contribution in [0.2, 0.25) is 0 Å². The Morgan fingerprint density at radius 3 is 3.07 bits per heavy atom. The van der Waals surface area contributed by atoms with Crippen LogP contribution in [0.4, 0.5) is 0 Å². The molecule has 0 unspecified atom stereocenters. The van der Waals surface area contributed by atoms with E-state index in [2.05, 4.69) is 42.1 Å². The molecule has 3 rings (SSSR count). The second-order valence-electron chi connectivity index (χ2n) is 3.71. The minimum absolute atomic E-state index is 0.866. The number of hydrogen-bond acceptors (Lipinski definition) is 0. The van der Waals surface area contributed by atoms with Crippen LogP contribution in [-0.4, -0.2) is 14.8 Å². The predicted octanol–water partition coefficient (Wildman–Crippen LogP) is 2.62. The normalized spacial score (nSPS) is 18.0. The first kappa shape index (κ1) is 8.12. The summed E-state index contributed by atoms with van der Waals surface area (Å²) >= 11 is 0. The fraction of sp³-hybridized carbons (Fsp3) is 0.154. The van der Waals surface area contributed by atoms with Crippen LogP contribution in [0.1, 0.15) is 24.0 Å². The van der Waals surface area contributed by atoms with Crippen molar-refractivity contribution in [1.29, 1.82) is 0 Å². The van der Waals surface area contributed by atoms with E-state index >= 15 is 0 Å². The Balaban J connectivity index is 2.24. The molecular weight excluding hydrogens is 184 g/mol. The lowest BCUT2D eigenvalue weighted by atomic mass is 9.93. The predicted molar refractivity (Wildman–Crippen MR) is 62.7 cm³/mol. The summed E-state index contributed by atoms with van der Waals surface area (Å²) in [6.45, 7) is 0. The quantitative estimate of drug-likeness (QED) is 0.558. The lowest BCUT2D eigenvalue weighted by molar-refractivity contribution is 1.05. The van der Waals surface area contributed by atoms with Crippen molar-refractivity contribution in [3.63, 3.8) is 0 Å². The monoisotopic (exact) mass is 195 g/mol.